The highest BCUT2D eigenvalue weighted by Crippen LogP contribution is 2.31. The van der Waals surface area contributed by atoms with Crippen LogP contribution in [0.5, 0.6) is 5.75 Å². The molecule has 0 aliphatic carbocycles. The maximum atomic E-state index is 13.5. The van der Waals surface area contributed by atoms with E-state index in [9.17, 15) is 9.59 Å². The maximum absolute atomic E-state index is 13.5. The number of benzene rings is 1. The van der Waals surface area contributed by atoms with E-state index in [1.165, 1.54) is 0 Å². The molecule has 9 heteroatoms. The molecule has 0 saturated heterocycles. The molecule has 0 fully saturated rings. The van der Waals surface area contributed by atoms with Gasteiger partial charge in [0.05, 0.1) is 18.4 Å². The predicted octanol–water partition coefficient (Wildman–Crippen LogP) is 6.50. The van der Waals surface area contributed by atoms with Crippen molar-refractivity contribution in [2.45, 2.75) is 78.9 Å². The van der Waals surface area contributed by atoms with E-state index in [-0.39, 0.29) is 0 Å². The first-order chi connectivity index (χ1) is 18.8. The Morgan fingerprint density at radius 2 is 1.68 bits per heavy atom. The Hall–Kier alpha value is -3.75. The number of hydrogen-bond acceptors (Lipinski definition) is 6. The average Bonchev–Trinajstić information content (AvgIpc) is 3.23. The maximum Gasteiger partial charge on any atom is 0.414 e. The van der Waals surface area contributed by atoms with Crippen LogP contribution in [0.1, 0.15) is 67.0 Å². The molecular formula is C31H42N4O5. The zero-order valence-electron chi connectivity index (χ0n) is 24.8. The van der Waals surface area contributed by atoms with Gasteiger partial charge in [0, 0.05) is 30.5 Å². The van der Waals surface area contributed by atoms with E-state index >= 15 is 0 Å². The molecule has 3 aliphatic rings. The summed E-state index contributed by atoms with van der Waals surface area (Å²) < 4.78 is 19.5. The minimum absolute atomic E-state index is 0.302. The zero-order chi connectivity index (χ0) is 29.1. The number of rotatable bonds is 0. The molecule has 40 heavy (non-hydrogen) atoms. The molecule has 1 aromatic carbocycles. The van der Waals surface area contributed by atoms with Crippen molar-refractivity contribution >= 4 is 18.4 Å². The van der Waals surface area contributed by atoms with Crippen molar-refractivity contribution in [2.75, 3.05) is 26.2 Å². The Morgan fingerprint density at radius 1 is 0.950 bits per heavy atom. The molecule has 9 nitrogen and oxygen atoms in total. The van der Waals surface area contributed by atoms with Crippen LogP contribution in [0.2, 0.25) is 0 Å². The van der Waals surface area contributed by atoms with Crippen LogP contribution in [-0.2, 0) is 15.9 Å². The van der Waals surface area contributed by atoms with Gasteiger partial charge in [0.15, 0.2) is 0 Å². The van der Waals surface area contributed by atoms with Crippen molar-refractivity contribution in [2.24, 2.45) is 0 Å². The summed E-state index contributed by atoms with van der Waals surface area (Å²) in [6.45, 7) is 14.6. The van der Waals surface area contributed by atoms with Crippen LogP contribution in [0, 0.1) is 0 Å². The number of ether oxygens (including phenoxy) is 3. The van der Waals surface area contributed by atoms with Crippen molar-refractivity contribution < 1.29 is 23.8 Å². The van der Waals surface area contributed by atoms with E-state index < -0.39 is 23.4 Å². The lowest BCUT2D eigenvalue weighted by atomic mass is 9.99. The van der Waals surface area contributed by atoms with Crippen LogP contribution in [0.4, 0.5) is 9.59 Å². The summed E-state index contributed by atoms with van der Waals surface area (Å²) in [4.78, 5) is 29.9. The number of aromatic nitrogens is 2. The smallest absolute Gasteiger partial charge is 0.414 e. The molecule has 0 unspecified atom stereocenters. The minimum Gasteiger partial charge on any atom is -0.492 e. The second-order valence-electron chi connectivity index (χ2n) is 12.3. The molecular weight excluding hydrogens is 508 g/mol. The third kappa shape index (κ3) is 7.46. The first-order valence-electron chi connectivity index (χ1n) is 14.0. The van der Waals surface area contributed by atoms with Gasteiger partial charge >= 0.3 is 12.2 Å². The van der Waals surface area contributed by atoms with Gasteiger partial charge in [-0.3, -0.25) is 4.90 Å². The van der Waals surface area contributed by atoms with Gasteiger partial charge in [0.2, 0.25) is 0 Å². The van der Waals surface area contributed by atoms with Crippen LogP contribution in [0.15, 0.2) is 47.8 Å². The Morgan fingerprint density at radius 3 is 2.40 bits per heavy atom. The van der Waals surface area contributed by atoms with Crippen molar-refractivity contribution in [3.63, 3.8) is 0 Å². The van der Waals surface area contributed by atoms with Crippen molar-refractivity contribution in [3.05, 3.63) is 53.5 Å². The number of carbonyl (C=O) groups excluding carboxylic acids is 2. The Kier molecular flexibility index (Phi) is 8.61. The van der Waals surface area contributed by atoms with Gasteiger partial charge in [0.25, 0.3) is 0 Å². The van der Waals surface area contributed by atoms with E-state index in [0.717, 1.165) is 46.7 Å². The second-order valence-corrected chi connectivity index (χ2v) is 12.3. The highest BCUT2D eigenvalue weighted by Gasteiger charge is 2.28. The van der Waals surface area contributed by atoms with Crippen molar-refractivity contribution in [3.8, 4) is 16.9 Å². The van der Waals surface area contributed by atoms with Gasteiger partial charge in [-0.15, -0.1) is 0 Å². The first-order valence-corrected chi connectivity index (χ1v) is 14.0. The number of allylic oxidation sites excluding steroid dienone is 2. The molecule has 0 saturated carbocycles. The van der Waals surface area contributed by atoms with Crippen LogP contribution < -0.4 is 4.74 Å². The summed E-state index contributed by atoms with van der Waals surface area (Å²) in [6, 6.07) is 7.94. The van der Waals surface area contributed by atoms with E-state index in [0.29, 0.717) is 32.7 Å². The van der Waals surface area contributed by atoms with Gasteiger partial charge in [-0.05, 0) is 97.1 Å². The predicted molar refractivity (Wildman–Crippen MR) is 155 cm³/mol. The summed E-state index contributed by atoms with van der Waals surface area (Å²) >= 11 is 0. The average molecular weight is 551 g/mol. The van der Waals surface area contributed by atoms with E-state index in [1.54, 1.807) is 9.80 Å². The molecule has 2 aromatic rings. The van der Waals surface area contributed by atoms with Gasteiger partial charge in [0.1, 0.15) is 23.6 Å². The molecule has 5 rings (SSSR count). The summed E-state index contributed by atoms with van der Waals surface area (Å²) in [6.07, 6.45) is 6.91. The van der Waals surface area contributed by atoms with Gasteiger partial charge < -0.3 is 19.1 Å². The lowest BCUT2D eigenvalue weighted by Crippen LogP contribution is -2.42. The summed E-state index contributed by atoms with van der Waals surface area (Å²) in [7, 11) is 0. The molecule has 0 spiro atoms. The van der Waals surface area contributed by atoms with Crippen LogP contribution >= 0.6 is 0 Å². The standard InChI is InChI=1S/C31H42N4O5/c1-22-12-13-27-25-21-32-35(27)17-14-26(22)34(29(37)40-31(5,6)7)16-9-15-33(28(36)39-30(2,3)4)18-19-38-24-11-8-10-23(25)20-24/h8,10-11,14,17,20-21H,9,12-13,15-16,18-19H2,1-7H3. The lowest BCUT2D eigenvalue weighted by Gasteiger charge is -2.31. The second kappa shape index (κ2) is 11.8. The third-order valence-electron chi connectivity index (χ3n) is 6.59. The Labute approximate surface area is 237 Å². The van der Waals surface area contributed by atoms with Gasteiger partial charge in [-0.25, -0.2) is 14.3 Å². The van der Waals surface area contributed by atoms with Crippen LogP contribution in [-0.4, -0.2) is 69.2 Å². The highest BCUT2D eigenvalue weighted by molar-refractivity contribution is 5.73. The number of fused-ring (bicyclic) bond motifs is 9. The number of hydrogen-bond donors (Lipinski definition) is 0. The first kappa shape index (κ1) is 29.2. The minimum atomic E-state index is -0.651. The van der Waals surface area contributed by atoms with E-state index in [4.69, 9.17) is 14.2 Å². The van der Waals surface area contributed by atoms with E-state index in [1.807, 2.05) is 89.0 Å². The van der Waals surface area contributed by atoms with Crippen molar-refractivity contribution in [1.82, 2.24) is 19.6 Å². The molecule has 0 radical (unpaired) electrons. The number of amides is 2. The highest BCUT2D eigenvalue weighted by atomic mass is 16.6. The van der Waals surface area contributed by atoms with Crippen LogP contribution in [0.3, 0.4) is 0 Å². The topological polar surface area (TPSA) is 86.1 Å². The molecule has 6 bridgehead atoms. The Balaban J connectivity index is 1.74. The fraction of sp³-hybridized carbons (Fsp3) is 0.516. The molecule has 3 aliphatic heterocycles. The SMILES string of the molecule is CC1=C2C=Cn3ncc(c3CC1)-c1cccc(c1)OCCN(C(=O)OC(C)(C)C)CCCN2C(=O)OC(C)(C)C. The monoisotopic (exact) mass is 550 g/mol. The third-order valence-corrected chi connectivity index (χ3v) is 6.59. The number of carbonyl (C=O) groups is 2. The van der Waals surface area contributed by atoms with Crippen molar-refractivity contribution in [1.29, 1.82) is 0 Å². The Bertz CT molecular complexity index is 1300. The van der Waals surface area contributed by atoms with E-state index in [2.05, 4.69) is 12.0 Å². The molecule has 216 valence electrons. The van der Waals surface area contributed by atoms with Gasteiger partial charge in [-0.2, -0.15) is 5.10 Å². The molecule has 2 amide bonds. The molecule has 4 heterocycles. The van der Waals surface area contributed by atoms with Gasteiger partial charge in [-0.1, -0.05) is 12.1 Å². The largest absolute Gasteiger partial charge is 0.492 e. The number of nitrogens with zero attached hydrogens (tertiary/aromatic N) is 4. The molecule has 0 atom stereocenters. The zero-order valence-corrected chi connectivity index (χ0v) is 24.8. The quantitative estimate of drug-likeness (QED) is 0.372. The molecule has 1 aromatic heterocycles. The summed E-state index contributed by atoms with van der Waals surface area (Å²) in [5.74, 6) is 0.724. The summed E-state index contributed by atoms with van der Waals surface area (Å²) in [5, 5.41) is 4.64. The lowest BCUT2D eigenvalue weighted by molar-refractivity contribution is 0.0210. The van der Waals surface area contributed by atoms with Crippen LogP contribution in [0.25, 0.3) is 17.3 Å². The fourth-order valence-electron chi connectivity index (χ4n) is 4.74. The fourth-order valence-corrected chi connectivity index (χ4v) is 4.74. The summed E-state index contributed by atoms with van der Waals surface area (Å²) in [5.41, 5.74) is 3.73. The molecule has 0 N–H and O–H groups in total. The normalized spacial score (nSPS) is 16.8.